The van der Waals surface area contributed by atoms with E-state index in [1.54, 1.807) is 0 Å². The van der Waals surface area contributed by atoms with Gasteiger partial charge in [0.25, 0.3) is 0 Å². The highest BCUT2D eigenvalue weighted by atomic mass is 16.2. The van der Waals surface area contributed by atoms with E-state index in [1.165, 1.54) is 0 Å². The Morgan fingerprint density at radius 1 is 1.00 bits per heavy atom. The number of amides is 1. The maximum atomic E-state index is 12.7. The molecule has 2 heterocycles. The number of hydrogen-bond acceptors (Lipinski definition) is 3. The molecular formula is C21H22N4O. The van der Waals surface area contributed by atoms with E-state index in [9.17, 15) is 4.79 Å². The van der Waals surface area contributed by atoms with Crippen molar-refractivity contribution in [2.45, 2.75) is 19.1 Å². The molecule has 4 rings (SSSR count). The monoisotopic (exact) mass is 346 g/mol. The van der Waals surface area contributed by atoms with Crippen LogP contribution in [0.5, 0.6) is 0 Å². The van der Waals surface area contributed by atoms with Crippen LogP contribution in [-0.4, -0.2) is 33.4 Å². The highest BCUT2D eigenvalue weighted by Gasteiger charge is 2.21. The first-order valence-electron chi connectivity index (χ1n) is 8.91. The van der Waals surface area contributed by atoms with E-state index in [0.717, 1.165) is 30.0 Å². The second-order valence-corrected chi connectivity index (χ2v) is 6.57. The third kappa shape index (κ3) is 3.68. The lowest BCUT2D eigenvalue weighted by atomic mass is 9.99. The molecule has 0 fully saturated rings. The fourth-order valence-electron chi connectivity index (χ4n) is 3.42. The van der Waals surface area contributed by atoms with Crippen LogP contribution in [0.15, 0.2) is 73.1 Å². The zero-order valence-corrected chi connectivity index (χ0v) is 14.6. The summed E-state index contributed by atoms with van der Waals surface area (Å²) in [6, 6.07) is 20.0. The Balaban J connectivity index is 1.47. The van der Waals surface area contributed by atoms with Gasteiger partial charge >= 0.3 is 0 Å². The molecule has 5 nitrogen and oxygen atoms in total. The molecular weight excluding hydrogens is 324 g/mol. The van der Waals surface area contributed by atoms with Crippen molar-refractivity contribution in [3.8, 4) is 0 Å². The van der Waals surface area contributed by atoms with Gasteiger partial charge in [-0.3, -0.25) is 9.69 Å². The molecule has 3 aromatic rings. The van der Waals surface area contributed by atoms with Crippen LogP contribution in [0, 0.1) is 0 Å². The number of hydrogen-bond donors (Lipinski definition) is 1. The number of nitrogens with zero attached hydrogens (tertiary/aromatic N) is 3. The number of carbonyl (C=O) groups excluding carboxylic acids is 1. The lowest BCUT2D eigenvalue weighted by molar-refractivity contribution is -0.123. The largest absolute Gasteiger partial charge is 0.344 e. The van der Waals surface area contributed by atoms with Crippen molar-refractivity contribution in [2.75, 3.05) is 13.1 Å². The smallest absolute Gasteiger partial charge is 0.234 e. The van der Waals surface area contributed by atoms with Gasteiger partial charge in [-0.2, -0.15) is 0 Å². The zero-order valence-electron chi connectivity index (χ0n) is 14.6. The van der Waals surface area contributed by atoms with Gasteiger partial charge in [-0.15, -0.1) is 0 Å². The predicted octanol–water partition coefficient (Wildman–Crippen LogP) is 2.60. The first-order chi connectivity index (χ1) is 12.8. The molecule has 1 N–H and O–H groups in total. The van der Waals surface area contributed by atoms with Gasteiger partial charge in [0.2, 0.25) is 5.91 Å². The van der Waals surface area contributed by atoms with Gasteiger partial charge in [-0.05, 0) is 11.1 Å². The van der Waals surface area contributed by atoms with Crippen LogP contribution < -0.4 is 5.32 Å². The van der Waals surface area contributed by atoms with E-state index >= 15 is 0 Å². The molecule has 0 saturated carbocycles. The highest BCUT2D eigenvalue weighted by Crippen LogP contribution is 2.21. The standard InChI is InChI=1S/C21H22N4O/c26-20(16-24-13-14-25-12-11-22-19(25)15-24)23-21(17-7-3-1-4-8-17)18-9-5-2-6-10-18/h1-12,21H,13-16H2,(H,23,26). The Kier molecular flexibility index (Phi) is 4.80. The van der Waals surface area contributed by atoms with Crippen LogP contribution in [0.1, 0.15) is 23.0 Å². The maximum absolute atomic E-state index is 12.7. The van der Waals surface area contributed by atoms with Crippen LogP contribution in [0.2, 0.25) is 0 Å². The lowest BCUT2D eigenvalue weighted by Gasteiger charge is -2.28. The lowest BCUT2D eigenvalue weighted by Crippen LogP contribution is -2.42. The van der Waals surface area contributed by atoms with Crippen molar-refractivity contribution >= 4 is 5.91 Å². The van der Waals surface area contributed by atoms with Gasteiger partial charge in [0.1, 0.15) is 5.82 Å². The van der Waals surface area contributed by atoms with E-state index in [2.05, 4.69) is 44.0 Å². The van der Waals surface area contributed by atoms with Crippen molar-refractivity contribution in [3.63, 3.8) is 0 Å². The van der Waals surface area contributed by atoms with Crippen molar-refractivity contribution in [3.05, 3.63) is 90.0 Å². The molecule has 1 aliphatic heterocycles. The SMILES string of the molecule is O=C(CN1CCn2ccnc2C1)NC(c1ccccc1)c1ccccc1. The minimum Gasteiger partial charge on any atom is -0.344 e. The average Bonchev–Trinajstić information content (AvgIpc) is 3.15. The van der Waals surface area contributed by atoms with Crippen LogP contribution in [0.3, 0.4) is 0 Å². The number of nitrogens with one attached hydrogen (secondary N) is 1. The highest BCUT2D eigenvalue weighted by molar-refractivity contribution is 5.79. The fraction of sp³-hybridized carbons (Fsp3) is 0.238. The topological polar surface area (TPSA) is 50.2 Å². The van der Waals surface area contributed by atoms with Crippen LogP contribution in [0.4, 0.5) is 0 Å². The van der Waals surface area contributed by atoms with E-state index in [-0.39, 0.29) is 11.9 Å². The normalized spacial score (nSPS) is 14.2. The zero-order chi connectivity index (χ0) is 17.8. The van der Waals surface area contributed by atoms with Gasteiger partial charge in [0, 0.05) is 25.5 Å². The van der Waals surface area contributed by atoms with Gasteiger partial charge in [-0.25, -0.2) is 4.98 Å². The summed E-state index contributed by atoms with van der Waals surface area (Å²) in [4.78, 5) is 19.2. The molecule has 1 amide bonds. The number of carbonyl (C=O) groups is 1. The summed E-state index contributed by atoms with van der Waals surface area (Å²) in [7, 11) is 0. The van der Waals surface area contributed by atoms with Crippen molar-refractivity contribution < 1.29 is 4.79 Å². The summed E-state index contributed by atoms with van der Waals surface area (Å²) >= 11 is 0. The van der Waals surface area contributed by atoms with Crippen LogP contribution in [0.25, 0.3) is 0 Å². The average molecular weight is 346 g/mol. The predicted molar refractivity (Wildman–Crippen MR) is 100 cm³/mol. The number of imidazole rings is 1. The second kappa shape index (κ2) is 7.54. The number of aromatic nitrogens is 2. The van der Waals surface area contributed by atoms with E-state index < -0.39 is 0 Å². The molecule has 0 spiro atoms. The summed E-state index contributed by atoms with van der Waals surface area (Å²) in [5, 5.41) is 3.21. The van der Waals surface area contributed by atoms with Crippen LogP contribution >= 0.6 is 0 Å². The Bertz CT molecular complexity index is 820. The quantitative estimate of drug-likeness (QED) is 0.773. The number of benzene rings is 2. The van der Waals surface area contributed by atoms with Gasteiger partial charge in [0.15, 0.2) is 0 Å². The third-order valence-electron chi connectivity index (χ3n) is 4.76. The molecule has 0 unspecified atom stereocenters. The van der Waals surface area contributed by atoms with Crippen molar-refractivity contribution in [2.24, 2.45) is 0 Å². The molecule has 26 heavy (non-hydrogen) atoms. The van der Waals surface area contributed by atoms with Gasteiger partial charge in [-0.1, -0.05) is 60.7 Å². The third-order valence-corrected chi connectivity index (χ3v) is 4.76. The summed E-state index contributed by atoms with van der Waals surface area (Å²) in [6.07, 6.45) is 3.81. The molecule has 1 aromatic heterocycles. The Labute approximate surface area is 153 Å². The minimum atomic E-state index is -0.142. The van der Waals surface area contributed by atoms with Crippen molar-refractivity contribution in [1.29, 1.82) is 0 Å². The first-order valence-corrected chi connectivity index (χ1v) is 8.91. The molecule has 1 aliphatic rings. The minimum absolute atomic E-state index is 0.0303. The molecule has 0 saturated heterocycles. The molecule has 2 aromatic carbocycles. The molecule has 0 atom stereocenters. The molecule has 0 bridgehead atoms. The molecule has 5 heteroatoms. The van der Waals surface area contributed by atoms with Crippen molar-refractivity contribution in [1.82, 2.24) is 19.8 Å². The Morgan fingerprint density at radius 3 is 2.31 bits per heavy atom. The summed E-state index contributed by atoms with van der Waals surface area (Å²) in [5.74, 6) is 1.05. The van der Waals surface area contributed by atoms with E-state index in [1.807, 2.05) is 48.8 Å². The summed E-state index contributed by atoms with van der Waals surface area (Å²) < 4.78 is 2.14. The van der Waals surface area contributed by atoms with Crippen LogP contribution in [-0.2, 0) is 17.9 Å². The molecule has 0 radical (unpaired) electrons. The summed E-state index contributed by atoms with van der Waals surface area (Å²) in [5.41, 5.74) is 2.17. The van der Waals surface area contributed by atoms with E-state index in [4.69, 9.17) is 0 Å². The maximum Gasteiger partial charge on any atom is 0.234 e. The Hall–Kier alpha value is -2.92. The summed E-state index contributed by atoms with van der Waals surface area (Å²) in [6.45, 7) is 2.83. The fourth-order valence-corrected chi connectivity index (χ4v) is 3.42. The number of rotatable bonds is 5. The first kappa shape index (κ1) is 16.5. The van der Waals surface area contributed by atoms with Gasteiger partial charge < -0.3 is 9.88 Å². The van der Waals surface area contributed by atoms with Gasteiger partial charge in [0.05, 0.1) is 19.1 Å². The van der Waals surface area contributed by atoms with E-state index in [0.29, 0.717) is 13.1 Å². The molecule has 132 valence electrons. The Morgan fingerprint density at radius 2 is 1.65 bits per heavy atom. The molecule has 0 aliphatic carbocycles. The second-order valence-electron chi connectivity index (χ2n) is 6.57. The number of fused-ring (bicyclic) bond motifs is 1.